The van der Waals surface area contributed by atoms with Crippen LogP contribution in [-0.2, 0) is 0 Å². The fourth-order valence-corrected chi connectivity index (χ4v) is 3.34. The zero-order valence-corrected chi connectivity index (χ0v) is 13.9. The third-order valence-corrected chi connectivity index (χ3v) is 4.33. The van der Waals surface area contributed by atoms with Crippen molar-refractivity contribution < 1.29 is 4.79 Å². The van der Waals surface area contributed by atoms with Crippen molar-refractivity contribution >= 4 is 28.5 Å². The standard InChI is InChI=1S/C16H22INO/c1-12(2)11-18(15-8-3-4-9-15)16(19)13-6-5-7-14(17)10-13/h5-7,10,12,15H,3-4,8-9,11H2,1-2H3. The Hall–Kier alpha value is -0.580. The summed E-state index contributed by atoms with van der Waals surface area (Å²) in [5, 5.41) is 0. The molecule has 0 unspecified atom stereocenters. The van der Waals surface area contributed by atoms with E-state index < -0.39 is 0 Å². The highest BCUT2D eigenvalue weighted by Gasteiger charge is 2.27. The predicted molar refractivity (Wildman–Crippen MR) is 87.3 cm³/mol. The third-order valence-electron chi connectivity index (χ3n) is 3.66. The van der Waals surface area contributed by atoms with Crippen LogP contribution in [0.15, 0.2) is 24.3 Å². The molecule has 2 rings (SSSR count). The second-order valence-corrected chi connectivity index (χ2v) is 7.05. The van der Waals surface area contributed by atoms with E-state index in [2.05, 4.69) is 41.3 Å². The van der Waals surface area contributed by atoms with Gasteiger partial charge in [-0.3, -0.25) is 4.79 Å². The zero-order chi connectivity index (χ0) is 13.8. The van der Waals surface area contributed by atoms with Gasteiger partial charge in [-0.15, -0.1) is 0 Å². The minimum absolute atomic E-state index is 0.208. The molecule has 3 heteroatoms. The molecule has 1 aromatic carbocycles. The van der Waals surface area contributed by atoms with Gasteiger partial charge in [0.05, 0.1) is 0 Å². The van der Waals surface area contributed by atoms with E-state index in [1.165, 1.54) is 25.7 Å². The Morgan fingerprint density at radius 2 is 2.05 bits per heavy atom. The average Bonchev–Trinajstić information content (AvgIpc) is 2.88. The molecule has 1 saturated carbocycles. The summed E-state index contributed by atoms with van der Waals surface area (Å²) in [5.41, 5.74) is 0.833. The smallest absolute Gasteiger partial charge is 0.254 e. The summed E-state index contributed by atoms with van der Waals surface area (Å²) in [6.07, 6.45) is 4.86. The summed E-state index contributed by atoms with van der Waals surface area (Å²) in [5.74, 6) is 0.728. The summed E-state index contributed by atoms with van der Waals surface area (Å²) in [4.78, 5) is 14.9. The van der Waals surface area contributed by atoms with Crippen LogP contribution in [0.2, 0.25) is 0 Å². The van der Waals surface area contributed by atoms with E-state index >= 15 is 0 Å². The summed E-state index contributed by atoms with van der Waals surface area (Å²) < 4.78 is 1.12. The molecule has 0 radical (unpaired) electrons. The first kappa shape index (κ1) is 14.8. The van der Waals surface area contributed by atoms with Gasteiger partial charge in [0, 0.05) is 21.7 Å². The van der Waals surface area contributed by atoms with Crippen molar-refractivity contribution in [1.82, 2.24) is 4.90 Å². The first-order valence-corrected chi connectivity index (χ1v) is 8.22. The van der Waals surface area contributed by atoms with Crippen LogP contribution in [0.4, 0.5) is 0 Å². The number of rotatable bonds is 4. The average molecular weight is 371 g/mol. The summed E-state index contributed by atoms with van der Waals surface area (Å²) >= 11 is 2.27. The molecule has 1 aromatic rings. The molecule has 0 heterocycles. The fraction of sp³-hybridized carbons (Fsp3) is 0.562. The van der Waals surface area contributed by atoms with Gasteiger partial charge >= 0.3 is 0 Å². The van der Waals surface area contributed by atoms with Gasteiger partial charge in [-0.25, -0.2) is 0 Å². The molecule has 19 heavy (non-hydrogen) atoms. The van der Waals surface area contributed by atoms with E-state index in [1.807, 2.05) is 24.3 Å². The Bertz CT molecular complexity index is 438. The molecular formula is C16H22INO. The van der Waals surface area contributed by atoms with Crippen LogP contribution in [-0.4, -0.2) is 23.4 Å². The van der Waals surface area contributed by atoms with Crippen LogP contribution in [0.25, 0.3) is 0 Å². The molecule has 0 N–H and O–H groups in total. The molecule has 1 aliphatic carbocycles. The van der Waals surface area contributed by atoms with Gasteiger partial charge in [0.2, 0.25) is 0 Å². The Balaban J connectivity index is 2.19. The van der Waals surface area contributed by atoms with E-state index in [-0.39, 0.29) is 5.91 Å². The fourth-order valence-electron chi connectivity index (χ4n) is 2.79. The Morgan fingerprint density at radius 3 is 2.63 bits per heavy atom. The quantitative estimate of drug-likeness (QED) is 0.722. The predicted octanol–water partition coefficient (Wildman–Crippen LogP) is 4.33. The number of hydrogen-bond acceptors (Lipinski definition) is 1. The molecule has 0 atom stereocenters. The molecule has 0 aromatic heterocycles. The van der Waals surface area contributed by atoms with Crippen molar-refractivity contribution in [3.63, 3.8) is 0 Å². The normalized spacial score (nSPS) is 16.0. The number of amides is 1. The number of carbonyl (C=O) groups is 1. The van der Waals surface area contributed by atoms with E-state index in [1.54, 1.807) is 0 Å². The minimum atomic E-state index is 0.208. The van der Waals surface area contributed by atoms with Crippen LogP contribution in [0.3, 0.4) is 0 Å². The largest absolute Gasteiger partial charge is 0.335 e. The van der Waals surface area contributed by atoms with Gasteiger partial charge in [0.15, 0.2) is 0 Å². The van der Waals surface area contributed by atoms with Crippen LogP contribution < -0.4 is 0 Å². The minimum Gasteiger partial charge on any atom is -0.335 e. The van der Waals surface area contributed by atoms with Crippen LogP contribution in [0.5, 0.6) is 0 Å². The van der Waals surface area contributed by atoms with Crippen molar-refractivity contribution in [3.05, 3.63) is 33.4 Å². The third kappa shape index (κ3) is 3.94. The summed E-state index contributed by atoms with van der Waals surface area (Å²) in [6.45, 7) is 5.24. The number of hydrogen-bond donors (Lipinski definition) is 0. The molecule has 1 fully saturated rings. The van der Waals surface area contributed by atoms with Gasteiger partial charge in [-0.2, -0.15) is 0 Å². The maximum atomic E-state index is 12.7. The van der Waals surface area contributed by atoms with Crippen LogP contribution in [0, 0.1) is 9.49 Å². The number of halogens is 1. The molecule has 1 amide bonds. The molecule has 0 bridgehead atoms. The van der Waals surface area contributed by atoms with Crippen LogP contribution >= 0.6 is 22.6 Å². The lowest BCUT2D eigenvalue weighted by molar-refractivity contribution is 0.0655. The molecular weight excluding hydrogens is 349 g/mol. The Labute approximate surface area is 129 Å². The molecule has 0 spiro atoms. The molecule has 0 aliphatic heterocycles. The first-order valence-electron chi connectivity index (χ1n) is 7.14. The van der Waals surface area contributed by atoms with Gasteiger partial charge in [0.1, 0.15) is 0 Å². The molecule has 1 aliphatic rings. The number of carbonyl (C=O) groups excluding carboxylic acids is 1. The Kier molecular flexibility index (Phi) is 5.25. The number of nitrogens with zero attached hydrogens (tertiary/aromatic N) is 1. The van der Waals surface area contributed by atoms with E-state index in [4.69, 9.17) is 0 Å². The SMILES string of the molecule is CC(C)CN(C(=O)c1cccc(I)c1)C1CCCC1. The van der Waals surface area contributed by atoms with Gasteiger partial charge < -0.3 is 4.90 Å². The second kappa shape index (κ2) is 6.73. The maximum absolute atomic E-state index is 12.7. The Morgan fingerprint density at radius 1 is 1.37 bits per heavy atom. The van der Waals surface area contributed by atoms with Gasteiger partial charge in [-0.1, -0.05) is 32.8 Å². The van der Waals surface area contributed by atoms with E-state index in [9.17, 15) is 4.79 Å². The van der Waals surface area contributed by atoms with E-state index in [0.29, 0.717) is 12.0 Å². The highest BCUT2D eigenvalue weighted by atomic mass is 127. The van der Waals surface area contributed by atoms with Crippen molar-refractivity contribution in [1.29, 1.82) is 0 Å². The summed E-state index contributed by atoms with van der Waals surface area (Å²) in [6, 6.07) is 8.38. The van der Waals surface area contributed by atoms with Crippen molar-refractivity contribution in [3.8, 4) is 0 Å². The monoisotopic (exact) mass is 371 g/mol. The molecule has 2 nitrogen and oxygen atoms in total. The van der Waals surface area contributed by atoms with Crippen molar-refractivity contribution in [2.45, 2.75) is 45.6 Å². The molecule has 0 saturated heterocycles. The lowest BCUT2D eigenvalue weighted by Gasteiger charge is -2.30. The summed E-state index contributed by atoms with van der Waals surface area (Å²) in [7, 11) is 0. The topological polar surface area (TPSA) is 20.3 Å². The van der Waals surface area contributed by atoms with E-state index in [0.717, 1.165) is 15.7 Å². The molecule has 104 valence electrons. The highest BCUT2D eigenvalue weighted by Crippen LogP contribution is 2.26. The van der Waals surface area contributed by atoms with Crippen LogP contribution in [0.1, 0.15) is 49.9 Å². The zero-order valence-electron chi connectivity index (χ0n) is 11.7. The lowest BCUT2D eigenvalue weighted by atomic mass is 10.1. The second-order valence-electron chi connectivity index (χ2n) is 5.80. The number of benzene rings is 1. The van der Waals surface area contributed by atoms with Gasteiger partial charge in [-0.05, 0) is 59.5 Å². The highest BCUT2D eigenvalue weighted by molar-refractivity contribution is 14.1. The maximum Gasteiger partial charge on any atom is 0.254 e. The van der Waals surface area contributed by atoms with Gasteiger partial charge in [0.25, 0.3) is 5.91 Å². The van der Waals surface area contributed by atoms with Crippen molar-refractivity contribution in [2.24, 2.45) is 5.92 Å². The lowest BCUT2D eigenvalue weighted by Crippen LogP contribution is -2.41. The van der Waals surface area contributed by atoms with Crippen molar-refractivity contribution in [2.75, 3.05) is 6.54 Å². The first-order chi connectivity index (χ1) is 9.08.